The quantitative estimate of drug-likeness (QED) is 0.376. The fraction of sp³-hybridized carbons (Fsp3) is 0.240. The molecule has 0 spiro atoms. The zero-order valence-corrected chi connectivity index (χ0v) is 20.7. The first-order valence-corrected chi connectivity index (χ1v) is 11.9. The average Bonchev–Trinajstić information content (AvgIpc) is 3.37. The molecule has 2 aromatic heterocycles. The molecule has 0 bridgehead atoms. The molecule has 2 aromatic carbocycles. The van der Waals surface area contributed by atoms with Crippen molar-refractivity contribution in [1.82, 2.24) is 19.9 Å². The van der Waals surface area contributed by atoms with Gasteiger partial charge in [-0.3, -0.25) is 19.7 Å². The number of carbonyl (C=O) groups is 3. The Labute approximate surface area is 206 Å². The molecule has 0 aliphatic heterocycles. The second-order valence-electron chi connectivity index (χ2n) is 9.07. The van der Waals surface area contributed by atoms with Gasteiger partial charge in [-0.1, -0.05) is 45.0 Å². The molecule has 0 fully saturated rings. The molecule has 2 heterocycles. The largest absolute Gasteiger partial charge is 0.343 e. The summed E-state index contributed by atoms with van der Waals surface area (Å²) >= 11 is 1.39. The molecule has 0 unspecified atom stereocenters. The molecule has 10 heteroatoms. The van der Waals surface area contributed by atoms with Crippen molar-refractivity contribution >= 4 is 45.7 Å². The van der Waals surface area contributed by atoms with Crippen LogP contribution in [-0.2, 0) is 15.0 Å². The summed E-state index contributed by atoms with van der Waals surface area (Å²) in [5, 5.41) is 14.3. The highest BCUT2D eigenvalue weighted by Crippen LogP contribution is 2.27. The monoisotopic (exact) mass is 490 g/mol. The number of nitrogens with zero attached hydrogens (tertiary/aromatic N) is 3. The number of nitrogens with one attached hydrogen (secondary N) is 3. The van der Waals surface area contributed by atoms with E-state index in [0.29, 0.717) is 16.2 Å². The van der Waals surface area contributed by atoms with E-state index in [1.807, 2.05) is 29.6 Å². The Morgan fingerprint density at radius 3 is 2.29 bits per heavy atom. The maximum atomic E-state index is 12.4. The van der Waals surface area contributed by atoms with Crippen LogP contribution < -0.4 is 16.0 Å². The van der Waals surface area contributed by atoms with Crippen molar-refractivity contribution in [2.45, 2.75) is 33.1 Å². The van der Waals surface area contributed by atoms with Crippen LogP contribution >= 0.6 is 11.3 Å². The highest BCUT2D eigenvalue weighted by atomic mass is 32.1. The molecule has 180 valence electrons. The second kappa shape index (κ2) is 9.67. The molecule has 4 aromatic rings. The number of carbonyl (C=O) groups excluding carboxylic acids is 3. The molecule has 3 N–H and O–H groups in total. The van der Waals surface area contributed by atoms with Crippen LogP contribution in [-0.4, -0.2) is 38.9 Å². The van der Waals surface area contributed by atoms with Crippen molar-refractivity contribution in [3.05, 3.63) is 65.0 Å². The van der Waals surface area contributed by atoms with Crippen LogP contribution in [0.5, 0.6) is 0 Å². The van der Waals surface area contributed by atoms with Crippen LogP contribution in [0.1, 0.15) is 43.6 Å². The SMILES string of the molecule is CC(=O)Nc1ccc(-c2csc3nc(NC(=O)CNC(=O)c4ccc(C(C)(C)C)cc4)nn23)cc1. The lowest BCUT2D eigenvalue weighted by Gasteiger charge is -2.19. The van der Waals surface area contributed by atoms with E-state index >= 15 is 0 Å². The first kappa shape index (κ1) is 24.1. The first-order chi connectivity index (χ1) is 16.6. The highest BCUT2D eigenvalue weighted by Gasteiger charge is 2.16. The van der Waals surface area contributed by atoms with Gasteiger partial charge in [0.1, 0.15) is 0 Å². The minimum atomic E-state index is -0.427. The molecule has 0 atom stereocenters. The summed E-state index contributed by atoms with van der Waals surface area (Å²) in [7, 11) is 0. The van der Waals surface area contributed by atoms with Crippen LogP contribution in [0.2, 0.25) is 0 Å². The number of fused-ring (bicyclic) bond motifs is 1. The van der Waals surface area contributed by atoms with Crippen LogP contribution in [0.25, 0.3) is 16.2 Å². The predicted molar refractivity (Wildman–Crippen MR) is 137 cm³/mol. The zero-order valence-electron chi connectivity index (χ0n) is 19.9. The van der Waals surface area contributed by atoms with Gasteiger partial charge >= 0.3 is 0 Å². The van der Waals surface area contributed by atoms with E-state index in [0.717, 1.165) is 16.8 Å². The summed E-state index contributed by atoms with van der Waals surface area (Å²) < 4.78 is 1.64. The van der Waals surface area contributed by atoms with Crippen molar-refractivity contribution in [1.29, 1.82) is 0 Å². The lowest BCUT2D eigenvalue weighted by atomic mass is 9.87. The van der Waals surface area contributed by atoms with E-state index in [1.165, 1.54) is 18.3 Å². The number of thiazole rings is 1. The van der Waals surface area contributed by atoms with Gasteiger partial charge in [-0.25, -0.2) is 4.52 Å². The van der Waals surface area contributed by atoms with Crippen LogP contribution in [0.4, 0.5) is 11.6 Å². The summed E-state index contributed by atoms with van der Waals surface area (Å²) in [5.74, 6) is -0.739. The van der Waals surface area contributed by atoms with Gasteiger partial charge in [-0.2, -0.15) is 4.98 Å². The summed E-state index contributed by atoms with van der Waals surface area (Å²) in [6.07, 6.45) is 0. The molecule has 0 saturated heterocycles. The lowest BCUT2D eigenvalue weighted by Crippen LogP contribution is -2.33. The Morgan fingerprint density at radius 1 is 0.971 bits per heavy atom. The summed E-state index contributed by atoms with van der Waals surface area (Å²) in [6, 6.07) is 14.7. The van der Waals surface area contributed by atoms with Gasteiger partial charge in [0.15, 0.2) is 0 Å². The van der Waals surface area contributed by atoms with Crippen molar-refractivity contribution in [3.63, 3.8) is 0 Å². The first-order valence-electron chi connectivity index (χ1n) is 11.0. The van der Waals surface area contributed by atoms with E-state index in [1.54, 1.807) is 28.8 Å². The maximum Gasteiger partial charge on any atom is 0.251 e. The van der Waals surface area contributed by atoms with Crippen molar-refractivity contribution in [2.75, 3.05) is 17.2 Å². The number of anilines is 2. The second-order valence-corrected chi connectivity index (χ2v) is 9.90. The Bertz CT molecular complexity index is 1380. The molecular formula is C25H26N6O3S. The maximum absolute atomic E-state index is 12.4. The van der Waals surface area contributed by atoms with E-state index in [4.69, 9.17) is 0 Å². The van der Waals surface area contributed by atoms with Gasteiger partial charge in [0, 0.05) is 29.1 Å². The van der Waals surface area contributed by atoms with Gasteiger partial charge < -0.3 is 10.6 Å². The zero-order chi connectivity index (χ0) is 25.2. The molecular weight excluding hydrogens is 464 g/mol. The van der Waals surface area contributed by atoms with Crippen molar-refractivity contribution in [3.8, 4) is 11.3 Å². The molecule has 4 rings (SSSR count). The Balaban J connectivity index is 1.37. The number of hydrogen-bond donors (Lipinski definition) is 3. The molecule has 0 aliphatic rings. The normalized spacial score (nSPS) is 11.3. The molecule has 3 amide bonds. The van der Waals surface area contributed by atoms with E-state index in [2.05, 4.69) is 46.8 Å². The number of hydrogen-bond acceptors (Lipinski definition) is 6. The van der Waals surface area contributed by atoms with Gasteiger partial charge in [0.05, 0.1) is 12.2 Å². The van der Waals surface area contributed by atoms with Gasteiger partial charge in [0.2, 0.25) is 16.8 Å². The predicted octanol–water partition coefficient (Wildman–Crippen LogP) is 4.08. The standard InChI is InChI=1S/C25H26N6O3S/c1-15(32)27-19-11-7-16(8-12-19)20-14-35-24-29-23(30-31(20)24)28-21(33)13-26-22(34)17-5-9-18(10-6-17)25(2,3)4/h5-12,14H,13H2,1-4H3,(H,26,34)(H,27,32)(H,28,30,33). The number of rotatable bonds is 6. The summed E-state index contributed by atoms with van der Waals surface area (Å²) in [4.78, 5) is 40.9. The van der Waals surface area contributed by atoms with E-state index in [-0.39, 0.29) is 29.7 Å². The molecule has 35 heavy (non-hydrogen) atoms. The smallest absolute Gasteiger partial charge is 0.251 e. The topological polar surface area (TPSA) is 117 Å². The molecule has 0 aliphatic carbocycles. The van der Waals surface area contributed by atoms with Crippen molar-refractivity contribution < 1.29 is 14.4 Å². The third-order valence-electron chi connectivity index (χ3n) is 5.26. The summed E-state index contributed by atoms with van der Waals surface area (Å²) in [5.41, 5.74) is 4.00. The highest BCUT2D eigenvalue weighted by molar-refractivity contribution is 7.15. The Hall–Kier alpha value is -4.05. The molecule has 9 nitrogen and oxygen atoms in total. The van der Waals surface area contributed by atoms with Gasteiger partial charge in [-0.15, -0.1) is 16.4 Å². The van der Waals surface area contributed by atoms with Crippen LogP contribution in [0.15, 0.2) is 53.9 Å². The fourth-order valence-corrected chi connectivity index (χ4v) is 4.24. The Morgan fingerprint density at radius 2 is 1.66 bits per heavy atom. The van der Waals surface area contributed by atoms with Crippen molar-refractivity contribution in [2.24, 2.45) is 0 Å². The minimum Gasteiger partial charge on any atom is -0.343 e. The van der Waals surface area contributed by atoms with E-state index in [9.17, 15) is 14.4 Å². The van der Waals surface area contributed by atoms with Crippen LogP contribution in [0, 0.1) is 0 Å². The van der Waals surface area contributed by atoms with E-state index < -0.39 is 5.91 Å². The minimum absolute atomic E-state index is 0.00375. The Kier molecular flexibility index (Phi) is 6.65. The fourth-order valence-electron chi connectivity index (χ4n) is 3.41. The summed E-state index contributed by atoms with van der Waals surface area (Å²) in [6.45, 7) is 7.56. The molecule has 0 saturated carbocycles. The van der Waals surface area contributed by atoms with Gasteiger partial charge in [-0.05, 0) is 35.2 Å². The van der Waals surface area contributed by atoms with Gasteiger partial charge in [0.25, 0.3) is 11.9 Å². The number of benzene rings is 2. The number of amides is 3. The third-order valence-corrected chi connectivity index (χ3v) is 6.07. The molecule has 0 radical (unpaired) electrons. The third kappa shape index (κ3) is 5.72. The lowest BCUT2D eigenvalue weighted by molar-refractivity contribution is -0.115. The number of aromatic nitrogens is 3. The van der Waals surface area contributed by atoms with Crippen LogP contribution in [0.3, 0.4) is 0 Å². The average molecular weight is 491 g/mol.